The lowest BCUT2D eigenvalue weighted by Gasteiger charge is -2.32. The van der Waals surface area contributed by atoms with E-state index >= 15 is 0 Å². The van der Waals surface area contributed by atoms with E-state index in [9.17, 15) is 14.0 Å². The number of carbonyl (C=O) groups is 2. The number of benzene rings is 3. The smallest absolute Gasteiger partial charge is 0.336 e. The number of methoxy groups -OCH3 is 1. The van der Waals surface area contributed by atoms with Crippen LogP contribution in [0.5, 0.6) is 11.5 Å². The second-order valence-electron chi connectivity index (χ2n) is 8.19. The average Bonchev–Trinajstić information content (AvgIpc) is 3.24. The molecule has 5 rings (SSSR count). The summed E-state index contributed by atoms with van der Waals surface area (Å²) in [4.78, 5) is 27.3. The minimum Gasteiger partial charge on any atom is -0.493 e. The van der Waals surface area contributed by atoms with E-state index in [1.165, 1.54) is 30.2 Å². The van der Waals surface area contributed by atoms with Crippen LogP contribution in [-0.2, 0) is 20.9 Å². The van der Waals surface area contributed by atoms with E-state index in [1.807, 2.05) is 18.2 Å². The van der Waals surface area contributed by atoms with Crippen LogP contribution in [0.4, 0.5) is 10.1 Å². The van der Waals surface area contributed by atoms with Crippen molar-refractivity contribution < 1.29 is 28.2 Å². The van der Waals surface area contributed by atoms with E-state index in [0.717, 1.165) is 5.56 Å². The van der Waals surface area contributed by atoms with E-state index in [0.29, 0.717) is 39.0 Å². The molecular weight excluding hydrogens is 473 g/mol. The summed E-state index contributed by atoms with van der Waals surface area (Å²) in [6.45, 7) is 0.199. The van der Waals surface area contributed by atoms with E-state index in [4.69, 9.17) is 25.8 Å². The number of amides is 1. The van der Waals surface area contributed by atoms with Gasteiger partial charge in [-0.1, -0.05) is 41.9 Å². The summed E-state index contributed by atoms with van der Waals surface area (Å²) in [6.07, 6.45) is 0.0213. The maximum absolute atomic E-state index is 13.8. The molecular formula is C27H21ClFNO5. The molecule has 0 bridgehead atoms. The molecule has 0 spiro atoms. The van der Waals surface area contributed by atoms with Crippen LogP contribution in [-0.4, -0.2) is 25.6 Å². The number of hydrogen-bond donors (Lipinski definition) is 0. The van der Waals surface area contributed by atoms with Gasteiger partial charge in [-0.25, -0.2) is 9.18 Å². The highest BCUT2D eigenvalue weighted by Gasteiger charge is 2.43. The van der Waals surface area contributed by atoms with Crippen LogP contribution >= 0.6 is 11.6 Å². The van der Waals surface area contributed by atoms with Gasteiger partial charge < -0.3 is 14.2 Å². The topological polar surface area (TPSA) is 65.1 Å². The third-order valence-electron chi connectivity index (χ3n) is 6.11. The van der Waals surface area contributed by atoms with Gasteiger partial charge in [-0.05, 0) is 42.0 Å². The van der Waals surface area contributed by atoms with E-state index in [-0.39, 0.29) is 25.5 Å². The third kappa shape index (κ3) is 4.35. The Labute approximate surface area is 206 Å². The molecule has 6 nitrogen and oxygen atoms in total. The molecule has 3 aromatic carbocycles. The molecule has 178 valence electrons. The monoisotopic (exact) mass is 493 g/mol. The zero-order valence-electron chi connectivity index (χ0n) is 18.8. The Morgan fingerprint density at radius 1 is 1.06 bits per heavy atom. The summed E-state index contributed by atoms with van der Waals surface area (Å²) >= 11 is 6.22. The van der Waals surface area contributed by atoms with Gasteiger partial charge in [0.25, 0.3) is 0 Å². The van der Waals surface area contributed by atoms with Gasteiger partial charge in [0.2, 0.25) is 5.91 Å². The fraction of sp³-hybridized carbons (Fsp3) is 0.185. The number of halogens is 2. The molecule has 1 atom stereocenters. The molecule has 0 aliphatic carbocycles. The lowest BCUT2D eigenvalue weighted by atomic mass is 9.84. The Hall–Kier alpha value is -3.84. The Kier molecular flexibility index (Phi) is 6.17. The van der Waals surface area contributed by atoms with Crippen LogP contribution in [0.1, 0.15) is 23.5 Å². The molecule has 2 aliphatic rings. The largest absolute Gasteiger partial charge is 0.493 e. The number of cyclic esters (lactones) is 1. The lowest BCUT2D eigenvalue weighted by molar-refractivity contribution is -0.136. The molecule has 1 unspecified atom stereocenters. The van der Waals surface area contributed by atoms with E-state index in [1.54, 1.807) is 30.3 Å². The zero-order valence-corrected chi connectivity index (χ0v) is 19.5. The summed E-state index contributed by atoms with van der Waals surface area (Å²) in [5.74, 6) is -0.774. The van der Waals surface area contributed by atoms with Gasteiger partial charge in [-0.2, -0.15) is 0 Å². The third-order valence-corrected chi connectivity index (χ3v) is 6.48. The van der Waals surface area contributed by atoms with Gasteiger partial charge in [0.15, 0.2) is 11.5 Å². The quantitative estimate of drug-likeness (QED) is 0.430. The highest BCUT2D eigenvalue weighted by Crippen LogP contribution is 2.43. The summed E-state index contributed by atoms with van der Waals surface area (Å²) in [5, 5.41) is 0.603. The van der Waals surface area contributed by atoms with Gasteiger partial charge in [-0.3, -0.25) is 9.69 Å². The van der Waals surface area contributed by atoms with Crippen molar-refractivity contribution in [3.05, 3.63) is 100.0 Å². The zero-order chi connectivity index (χ0) is 24.5. The predicted molar refractivity (Wildman–Crippen MR) is 128 cm³/mol. The summed E-state index contributed by atoms with van der Waals surface area (Å²) < 4.78 is 30.6. The Bertz CT molecular complexity index is 1350. The minimum atomic E-state index is -0.524. The van der Waals surface area contributed by atoms with Crippen molar-refractivity contribution in [2.45, 2.75) is 18.9 Å². The first-order valence-corrected chi connectivity index (χ1v) is 11.4. The number of rotatable bonds is 6. The van der Waals surface area contributed by atoms with Crippen molar-refractivity contribution in [3.63, 3.8) is 0 Å². The van der Waals surface area contributed by atoms with Gasteiger partial charge in [0.05, 0.1) is 24.1 Å². The highest BCUT2D eigenvalue weighted by molar-refractivity contribution is 6.31. The van der Waals surface area contributed by atoms with Crippen molar-refractivity contribution in [3.8, 4) is 11.5 Å². The summed E-state index contributed by atoms with van der Waals surface area (Å²) in [5.41, 5.74) is 2.73. The first-order valence-electron chi connectivity index (χ1n) is 11.0. The van der Waals surface area contributed by atoms with Crippen LogP contribution in [0.25, 0.3) is 0 Å². The van der Waals surface area contributed by atoms with Crippen molar-refractivity contribution in [1.82, 2.24) is 0 Å². The second-order valence-corrected chi connectivity index (χ2v) is 8.60. The maximum Gasteiger partial charge on any atom is 0.336 e. The first-order chi connectivity index (χ1) is 17.0. The molecule has 8 heteroatoms. The number of anilines is 1. The van der Waals surface area contributed by atoms with Crippen molar-refractivity contribution >= 4 is 29.2 Å². The van der Waals surface area contributed by atoms with E-state index < -0.39 is 17.7 Å². The lowest BCUT2D eigenvalue weighted by Crippen LogP contribution is -2.37. The van der Waals surface area contributed by atoms with Crippen LogP contribution in [0, 0.1) is 5.82 Å². The molecule has 3 aromatic rings. The van der Waals surface area contributed by atoms with Gasteiger partial charge in [0, 0.05) is 22.9 Å². The van der Waals surface area contributed by atoms with Crippen LogP contribution < -0.4 is 14.4 Å². The normalized spacial score (nSPS) is 17.3. The Balaban J connectivity index is 1.47. The minimum absolute atomic E-state index is 0.0213. The molecule has 0 fully saturated rings. The number of esters is 1. The number of carbonyl (C=O) groups excluding carboxylic acids is 2. The van der Waals surface area contributed by atoms with Crippen molar-refractivity contribution in [2.75, 3.05) is 18.6 Å². The summed E-state index contributed by atoms with van der Waals surface area (Å²) in [6, 6.07) is 18.4. The second kappa shape index (κ2) is 9.43. The van der Waals surface area contributed by atoms with E-state index in [2.05, 4.69) is 0 Å². The standard InChI is InChI=1S/C27H21ClFNO5/c1-33-24-11-16(9-10-23(24)34-14-17-5-2-3-8-21(17)28)20-13-25(31)30(19-7-4-6-18(29)12-19)22-15-35-27(32)26(20)22/h2-12,20H,13-15H2,1H3. The van der Waals surface area contributed by atoms with Crippen LogP contribution in [0.15, 0.2) is 78.0 Å². The van der Waals surface area contributed by atoms with Crippen LogP contribution in [0.3, 0.4) is 0 Å². The predicted octanol–water partition coefficient (Wildman–Crippen LogP) is 5.40. The SMILES string of the molecule is COc1cc(C2CC(=O)N(c3cccc(F)c3)C3=C2C(=O)OC3)ccc1OCc1ccccc1Cl. The molecule has 1 amide bonds. The number of nitrogens with zero attached hydrogens (tertiary/aromatic N) is 1. The van der Waals surface area contributed by atoms with Crippen molar-refractivity contribution in [1.29, 1.82) is 0 Å². The molecule has 35 heavy (non-hydrogen) atoms. The highest BCUT2D eigenvalue weighted by atomic mass is 35.5. The Morgan fingerprint density at radius 3 is 2.66 bits per heavy atom. The molecule has 0 saturated heterocycles. The number of ether oxygens (including phenoxy) is 3. The fourth-order valence-corrected chi connectivity index (χ4v) is 4.64. The molecule has 0 N–H and O–H groups in total. The molecule has 2 heterocycles. The van der Waals surface area contributed by atoms with Gasteiger partial charge in [-0.15, -0.1) is 0 Å². The maximum atomic E-state index is 13.8. The summed E-state index contributed by atoms with van der Waals surface area (Å²) in [7, 11) is 1.52. The number of hydrogen-bond acceptors (Lipinski definition) is 5. The van der Waals surface area contributed by atoms with Crippen LogP contribution in [0.2, 0.25) is 5.02 Å². The molecule has 0 saturated carbocycles. The average molecular weight is 494 g/mol. The Morgan fingerprint density at radius 2 is 1.89 bits per heavy atom. The van der Waals surface area contributed by atoms with Crippen molar-refractivity contribution in [2.24, 2.45) is 0 Å². The fourth-order valence-electron chi connectivity index (χ4n) is 4.44. The first kappa shape index (κ1) is 22.9. The molecule has 0 radical (unpaired) electrons. The molecule has 0 aromatic heterocycles. The van der Waals surface area contributed by atoms with Gasteiger partial charge in [0.1, 0.15) is 19.0 Å². The van der Waals surface area contributed by atoms with Gasteiger partial charge >= 0.3 is 5.97 Å². The molecule has 2 aliphatic heterocycles.